The van der Waals surface area contributed by atoms with E-state index in [1.165, 1.54) is 17.7 Å². The molecule has 1 aliphatic rings. The van der Waals surface area contributed by atoms with Gasteiger partial charge in [-0.15, -0.1) is 11.3 Å². The number of halogens is 1. The van der Waals surface area contributed by atoms with Crippen molar-refractivity contribution in [1.82, 2.24) is 5.32 Å². The maximum absolute atomic E-state index is 6.36. The number of rotatable bonds is 7. The Morgan fingerprint density at radius 1 is 1.48 bits per heavy atom. The van der Waals surface area contributed by atoms with Gasteiger partial charge in [-0.25, -0.2) is 0 Å². The Morgan fingerprint density at radius 2 is 2.29 bits per heavy atom. The van der Waals surface area contributed by atoms with Gasteiger partial charge in [-0.1, -0.05) is 38.3 Å². The van der Waals surface area contributed by atoms with Crippen LogP contribution in [0, 0.1) is 5.92 Å². The van der Waals surface area contributed by atoms with E-state index in [9.17, 15) is 0 Å². The maximum Gasteiger partial charge on any atom is 0.0931 e. The Bertz CT molecular complexity index is 432. The van der Waals surface area contributed by atoms with Crippen LogP contribution in [0.25, 0.3) is 0 Å². The molecule has 21 heavy (non-hydrogen) atoms. The highest BCUT2D eigenvalue weighted by molar-refractivity contribution is 7.16. The summed E-state index contributed by atoms with van der Waals surface area (Å²) < 4.78 is 7.23. The Hall–Kier alpha value is -0.0900. The summed E-state index contributed by atoms with van der Waals surface area (Å²) in [5, 5.41) is 3.74. The van der Waals surface area contributed by atoms with Crippen LogP contribution in [0.4, 0.5) is 0 Å². The molecular weight excluding hydrogens is 302 g/mol. The van der Waals surface area contributed by atoms with Crippen LogP contribution < -0.4 is 5.32 Å². The number of thiophene rings is 1. The molecule has 1 saturated carbocycles. The Kier molecular flexibility index (Phi) is 6.54. The molecule has 3 atom stereocenters. The zero-order valence-electron chi connectivity index (χ0n) is 13.5. The molecule has 120 valence electrons. The van der Waals surface area contributed by atoms with E-state index in [0.29, 0.717) is 0 Å². The lowest BCUT2D eigenvalue weighted by Gasteiger charge is -2.45. The predicted octanol–water partition coefficient (Wildman–Crippen LogP) is 5.43. The van der Waals surface area contributed by atoms with Crippen molar-refractivity contribution in [3.8, 4) is 0 Å². The second kappa shape index (κ2) is 7.96. The summed E-state index contributed by atoms with van der Waals surface area (Å²) >= 11 is 7.87. The molecular formula is C17H28ClNOS. The SMILES string of the molecule is CCCNC(c1ccc(Cl)s1)C1(OCC)CCCC(C)C1. The third-order valence-corrected chi connectivity index (χ3v) is 5.72. The van der Waals surface area contributed by atoms with E-state index in [1.54, 1.807) is 11.3 Å². The molecule has 1 fully saturated rings. The second-order valence-corrected chi connectivity index (χ2v) is 7.97. The monoisotopic (exact) mass is 329 g/mol. The molecule has 2 rings (SSSR count). The van der Waals surface area contributed by atoms with Gasteiger partial charge in [-0.3, -0.25) is 0 Å². The fourth-order valence-electron chi connectivity index (χ4n) is 3.63. The lowest BCUT2D eigenvalue weighted by molar-refractivity contribution is -0.101. The van der Waals surface area contributed by atoms with Gasteiger partial charge in [-0.2, -0.15) is 0 Å². The quantitative estimate of drug-likeness (QED) is 0.720. The highest BCUT2D eigenvalue weighted by Gasteiger charge is 2.43. The van der Waals surface area contributed by atoms with Gasteiger partial charge in [0.05, 0.1) is 16.0 Å². The molecule has 1 heterocycles. The number of nitrogens with one attached hydrogen (secondary N) is 1. The Labute approximate surface area is 138 Å². The fourth-order valence-corrected chi connectivity index (χ4v) is 4.87. The minimum Gasteiger partial charge on any atom is -0.373 e. The van der Waals surface area contributed by atoms with Gasteiger partial charge in [0.1, 0.15) is 0 Å². The summed E-state index contributed by atoms with van der Waals surface area (Å²) in [4.78, 5) is 1.32. The van der Waals surface area contributed by atoms with E-state index in [2.05, 4.69) is 32.2 Å². The van der Waals surface area contributed by atoms with Crippen molar-refractivity contribution in [2.45, 2.75) is 64.5 Å². The van der Waals surface area contributed by atoms with E-state index in [4.69, 9.17) is 16.3 Å². The zero-order valence-corrected chi connectivity index (χ0v) is 15.0. The zero-order chi connectivity index (χ0) is 15.3. The summed E-state index contributed by atoms with van der Waals surface area (Å²) in [7, 11) is 0. The van der Waals surface area contributed by atoms with Gasteiger partial charge >= 0.3 is 0 Å². The van der Waals surface area contributed by atoms with E-state index in [-0.39, 0.29) is 11.6 Å². The normalized spacial score (nSPS) is 27.7. The topological polar surface area (TPSA) is 21.3 Å². The Morgan fingerprint density at radius 3 is 2.86 bits per heavy atom. The van der Waals surface area contributed by atoms with Gasteiger partial charge in [0.25, 0.3) is 0 Å². The first kappa shape index (κ1) is 17.3. The van der Waals surface area contributed by atoms with E-state index < -0.39 is 0 Å². The molecule has 0 radical (unpaired) electrons. The van der Waals surface area contributed by atoms with Gasteiger partial charge in [-0.05, 0) is 50.8 Å². The van der Waals surface area contributed by atoms with Gasteiger partial charge < -0.3 is 10.1 Å². The molecule has 0 aliphatic heterocycles. The molecule has 1 aliphatic carbocycles. The first-order valence-corrected chi connectivity index (χ1v) is 9.43. The van der Waals surface area contributed by atoms with Gasteiger partial charge in [0.2, 0.25) is 0 Å². The standard InChI is InChI=1S/C17H28ClNOS/c1-4-11-19-16(14-8-9-15(18)21-14)17(20-5-2)10-6-7-13(3)12-17/h8-9,13,16,19H,4-7,10-12H2,1-3H3. The smallest absolute Gasteiger partial charge is 0.0931 e. The van der Waals surface area contributed by atoms with Crippen molar-refractivity contribution < 1.29 is 4.74 Å². The van der Waals surface area contributed by atoms with Crippen molar-refractivity contribution in [3.63, 3.8) is 0 Å². The number of ether oxygens (including phenoxy) is 1. The molecule has 3 unspecified atom stereocenters. The first-order chi connectivity index (χ1) is 10.1. The minimum absolute atomic E-state index is 0.0736. The summed E-state index contributed by atoms with van der Waals surface area (Å²) in [6.45, 7) is 8.46. The number of hydrogen-bond acceptors (Lipinski definition) is 3. The van der Waals surface area contributed by atoms with Gasteiger partial charge in [0.15, 0.2) is 0 Å². The minimum atomic E-state index is -0.0736. The van der Waals surface area contributed by atoms with E-state index in [0.717, 1.165) is 42.7 Å². The molecule has 4 heteroatoms. The maximum atomic E-state index is 6.36. The Balaban J connectivity index is 2.29. The van der Waals surface area contributed by atoms with Crippen LogP contribution in [0.3, 0.4) is 0 Å². The lowest BCUT2D eigenvalue weighted by atomic mass is 9.74. The molecule has 0 saturated heterocycles. The predicted molar refractivity (Wildman–Crippen MR) is 92.4 cm³/mol. The summed E-state index contributed by atoms with van der Waals surface area (Å²) in [6.07, 6.45) is 5.98. The highest BCUT2D eigenvalue weighted by Crippen LogP contribution is 2.45. The highest BCUT2D eigenvalue weighted by atomic mass is 35.5. The van der Waals surface area contributed by atoms with Crippen LogP contribution in [-0.2, 0) is 4.74 Å². The third-order valence-electron chi connectivity index (χ3n) is 4.43. The number of hydrogen-bond donors (Lipinski definition) is 1. The van der Waals surface area contributed by atoms with Crippen LogP contribution in [0.2, 0.25) is 4.34 Å². The van der Waals surface area contributed by atoms with Crippen molar-refractivity contribution in [2.24, 2.45) is 5.92 Å². The summed E-state index contributed by atoms with van der Waals surface area (Å²) in [5.74, 6) is 0.728. The summed E-state index contributed by atoms with van der Waals surface area (Å²) in [5.41, 5.74) is -0.0736. The van der Waals surface area contributed by atoms with Gasteiger partial charge in [0, 0.05) is 11.5 Å². The third kappa shape index (κ3) is 4.22. The molecule has 1 aromatic rings. The largest absolute Gasteiger partial charge is 0.373 e. The van der Waals surface area contributed by atoms with Crippen molar-refractivity contribution >= 4 is 22.9 Å². The molecule has 0 aromatic carbocycles. The van der Waals surface area contributed by atoms with E-state index >= 15 is 0 Å². The second-order valence-electron chi connectivity index (χ2n) is 6.23. The summed E-state index contributed by atoms with van der Waals surface area (Å²) in [6, 6.07) is 4.44. The van der Waals surface area contributed by atoms with Crippen molar-refractivity contribution in [1.29, 1.82) is 0 Å². The molecule has 2 nitrogen and oxygen atoms in total. The van der Waals surface area contributed by atoms with E-state index in [1.807, 2.05) is 6.07 Å². The fraction of sp³-hybridized carbons (Fsp3) is 0.765. The molecule has 1 aromatic heterocycles. The van der Waals surface area contributed by atoms with Crippen LogP contribution in [-0.4, -0.2) is 18.8 Å². The molecule has 0 amide bonds. The van der Waals surface area contributed by atoms with Crippen molar-refractivity contribution in [3.05, 3.63) is 21.3 Å². The average Bonchev–Trinajstić information content (AvgIpc) is 2.86. The average molecular weight is 330 g/mol. The first-order valence-electron chi connectivity index (χ1n) is 8.24. The van der Waals surface area contributed by atoms with Crippen molar-refractivity contribution in [2.75, 3.05) is 13.2 Å². The molecule has 0 bridgehead atoms. The van der Waals surface area contributed by atoms with Crippen LogP contribution >= 0.6 is 22.9 Å². The van der Waals surface area contributed by atoms with Crippen LogP contribution in [0.1, 0.15) is 63.8 Å². The van der Waals surface area contributed by atoms with Crippen LogP contribution in [0.5, 0.6) is 0 Å². The molecule has 0 spiro atoms. The molecule has 1 N–H and O–H groups in total. The lowest BCUT2D eigenvalue weighted by Crippen LogP contribution is -2.49. The van der Waals surface area contributed by atoms with Crippen LogP contribution in [0.15, 0.2) is 12.1 Å².